The SMILES string of the molecule is Cc1ccc2cc(CNc3nnns3)ccc2c1. The van der Waals surface area contributed by atoms with E-state index in [9.17, 15) is 0 Å². The van der Waals surface area contributed by atoms with Crippen molar-refractivity contribution in [3.8, 4) is 0 Å². The lowest BCUT2D eigenvalue weighted by atomic mass is 10.0. The van der Waals surface area contributed by atoms with Crippen LogP contribution in [-0.4, -0.2) is 14.8 Å². The molecule has 0 fully saturated rings. The molecule has 1 aromatic heterocycles. The molecule has 18 heavy (non-hydrogen) atoms. The Bertz CT molecular complexity index is 664. The third-order valence-corrected chi connectivity index (χ3v) is 3.36. The molecule has 0 amide bonds. The van der Waals surface area contributed by atoms with Crippen LogP contribution in [0, 0.1) is 6.92 Å². The number of hydrogen-bond donors (Lipinski definition) is 1. The van der Waals surface area contributed by atoms with Crippen molar-refractivity contribution in [3.63, 3.8) is 0 Å². The zero-order valence-corrected chi connectivity index (χ0v) is 10.7. The Morgan fingerprint density at radius 1 is 1.11 bits per heavy atom. The highest BCUT2D eigenvalue weighted by molar-refractivity contribution is 7.09. The van der Waals surface area contributed by atoms with Crippen LogP contribution in [0.1, 0.15) is 11.1 Å². The minimum atomic E-state index is 0.737. The second kappa shape index (κ2) is 4.70. The molecule has 0 bridgehead atoms. The summed E-state index contributed by atoms with van der Waals surface area (Å²) in [5.74, 6) is 0. The van der Waals surface area contributed by atoms with E-state index in [1.54, 1.807) is 0 Å². The van der Waals surface area contributed by atoms with Crippen molar-refractivity contribution in [2.45, 2.75) is 13.5 Å². The summed E-state index contributed by atoms with van der Waals surface area (Å²) in [6.07, 6.45) is 0. The van der Waals surface area contributed by atoms with Gasteiger partial charge in [-0.1, -0.05) is 45.5 Å². The van der Waals surface area contributed by atoms with Crippen LogP contribution < -0.4 is 5.32 Å². The maximum absolute atomic E-state index is 3.85. The van der Waals surface area contributed by atoms with Gasteiger partial charge in [0.05, 0.1) is 0 Å². The maximum Gasteiger partial charge on any atom is 0.225 e. The van der Waals surface area contributed by atoms with Crippen LogP contribution in [0.2, 0.25) is 0 Å². The zero-order chi connectivity index (χ0) is 12.4. The molecular formula is C13H12N4S. The van der Waals surface area contributed by atoms with Gasteiger partial charge in [-0.05, 0) is 34.5 Å². The molecule has 3 rings (SSSR count). The summed E-state index contributed by atoms with van der Waals surface area (Å²) in [6, 6.07) is 13.0. The lowest BCUT2D eigenvalue weighted by molar-refractivity contribution is 0.951. The quantitative estimate of drug-likeness (QED) is 0.782. The fourth-order valence-corrected chi connectivity index (χ4v) is 2.26. The highest BCUT2D eigenvalue weighted by Crippen LogP contribution is 2.18. The van der Waals surface area contributed by atoms with E-state index in [1.165, 1.54) is 33.4 Å². The van der Waals surface area contributed by atoms with Crippen molar-refractivity contribution in [2.75, 3.05) is 5.32 Å². The molecule has 3 aromatic rings. The van der Waals surface area contributed by atoms with Gasteiger partial charge in [-0.25, -0.2) is 0 Å². The summed E-state index contributed by atoms with van der Waals surface area (Å²) < 4.78 is 3.71. The molecule has 0 radical (unpaired) electrons. The molecular weight excluding hydrogens is 244 g/mol. The fraction of sp³-hybridized carbons (Fsp3) is 0.154. The van der Waals surface area contributed by atoms with Gasteiger partial charge in [-0.15, -0.1) is 0 Å². The molecule has 0 aliphatic rings. The van der Waals surface area contributed by atoms with Crippen LogP contribution in [-0.2, 0) is 6.54 Å². The van der Waals surface area contributed by atoms with E-state index in [-0.39, 0.29) is 0 Å². The van der Waals surface area contributed by atoms with E-state index in [0.29, 0.717) is 0 Å². The largest absolute Gasteiger partial charge is 0.355 e. The molecule has 0 aliphatic carbocycles. The molecule has 0 unspecified atom stereocenters. The minimum Gasteiger partial charge on any atom is -0.355 e. The molecule has 0 spiro atoms. The molecule has 90 valence electrons. The zero-order valence-electron chi connectivity index (χ0n) is 9.92. The number of rotatable bonds is 3. The standard InChI is InChI=1S/C13H12N4S/c1-9-2-4-12-7-10(3-5-11(12)6-9)8-14-13-15-16-17-18-13/h2-7H,8H2,1H3,(H,14,15,17). The number of aromatic nitrogens is 3. The van der Waals surface area contributed by atoms with Crippen LogP contribution in [0.3, 0.4) is 0 Å². The van der Waals surface area contributed by atoms with Gasteiger partial charge in [-0.3, -0.25) is 0 Å². The number of aryl methyl sites for hydroxylation is 1. The van der Waals surface area contributed by atoms with Crippen molar-refractivity contribution in [2.24, 2.45) is 0 Å². The van der Waals surface area contributed by atoms with Gasteiger partial charge >= 0.3 is 0 Å². The van der Waals surface area contributed by atoms with Crippen molar-refractivity contribution >= 4 is 27.4 Å². The molecule has 0 atom stereocenters. The van der Waals surface area contributed by atoms with Crippen molar-refractivity contribution in [3.05, 3.63) is 47.5 Å². The van der Waals surface area contributed by atoms with Crippen LogP contribution in [0.4, 0.5) is 5.13 Å². The van der Waals surface area contributed by atoms with Crippen molar-refractivity contribution in [1.82, 2.24) is 14.8 Å². The number of nitrogens with zero attached hydrogens (tertiary/aromatic N) is 3. The number of benzene rings is 2. The number of nitrogens with one attached hydrogen (secondary N) is 1. The third-order valence-electron chi connectivity index (χ3n) is 2.80. The average molecular weight is 256 g/mol. The summed E-state index contributed by atoms with van der Waals surface area (Å²) in [5, 5.41) is 13.9. The van der Waals surface area contributed by atoms with Gasteiger partial charge in [0.1, 0.15) is 0 Å². The van der Waals surface area contributed by atoms with Gasteiger partial charge in [0.2, 0.25) is 5.13 Å². The van der Waals surface area contributed by atoms with Gasteiger partial charge in [0, 0.05) is 18.1 Å². The molecule has 2 aromatic carbocycles. The number of fused-ring (bicyclic) bond motifs is 1. The Kier molecular flexibility index (Phi) is 2.90. The summed E-state index contributed by atoms with van der Waals surface area (Å²) in [5.41, 5.74) is 2.51. The maximum atomic E-state index is 3.85. The normalized spacial score (nSPS) is 10.7. The summed E-state index contributed by atoms with van der Waals surface area (Å²) in [7, 11) is 0. The Labute approximate surface area is 109 Å². The minimum absolute atomic E-state index is 0.737. The Hall–Kier alpha value is -2.01. The highest BCUT2D eigenvalue weighted by atomic mass is 32.1. The van der Waals surface area contributed by atoms with Gasteiger partial charge < -0.3 is 5.32 Å². The molecule has 1 heterocycles. The predicted molar refractivity (Wildman–Crippen MR) is 73.7 cm³/mol. The average Bonchev–Trinajstić information content (AvgIpc) is 2.89. The van der Waals surface area contributed by atoms with Crippen LogP contribution in [0.15, 0.2) is 36.4 Å². The van der Waals surface area contributed by atoms with E-state index in [1.807, 2.05) is 0 Å². The first-order chi connectivity index (χ1) is 8.81. The molecule has 4 nitrogen and oxygen atoms in total. The summed E-state index contributed by atoms with van der Waals surface area (Å²) >= 11 is 1.26. The van der Waals surface area contributed by atoms with E-state index in [0.717, 1.165) is 11.7 Å². The van der Waals surface area contributed by atoms with Crippen LogP contribution >= 0.6 is 11.5 Å². The Morgan fingerprint density at radius 3 is 2.78 bits per heavy atom. The number of hydrogen-bond acceptors (Lipinski definition) is 5. The Morgan fingerprint density at radius 2 is 1.94 bits per heavy atom. The van der Waals surface area contributed by atoms with E-state index in [4.69, 9.17) is 0 Å². The topological polar surface area (TPSA) is 50.7 Å². The lowest BCUT2D eigenvalue weighted by Gasteiger charge is -2.05. The third kappa shape index (κ3) is 2.31. The van der Waals surface area contributed by atoms with Crippen LogP contribution in [0.5, 0.6) is 0 Å². The van der Waals surface area contributed by atoms with Crippen LogP contribution in [0.25, 0.3) is 10.8 Å². The molecule has 0 saturated heterocycles. The first kappa shape index (κ1) is 11.1. The van der Waals surface area contributed by atoms with Gasteiger partial charge in [0.15, 0.2) is 0 Å². The molecule has 1 N–H and O–H groups in total. The van der Waals surface area contributed by atoms with Crippen molar-refractivity contribution in [1.29, 1.82) is 0 Å². The van der Waals surface area contributed by atoms with Gasteiger partial charge in [-0.2, -0.15) is 0 Å². The molecule has 5 heteroatoms. The fourth-order valence-electron chi connectivity index (χ4n) is 1.90. The highest BCUT2D eigenvalue weighted by Gasteiger charge is 2.00. The lowest BCUT2D eigenvalue weighted by Crippen LogP contribution is -1.98. The summed E-state index contributed by atoms with van der Waals surface area (Å²) in [4.78, 5) is 0. The first-order valence-electron chi connectivity index (χ1n) is 5.69. The van der Waals surface area contributed by atoms with Crippen molar-refractivity contribution < 1.29 is 0 Å². The smallest absolute Gasteiger partial charge is 0.225 e. The summed E-state index contributed by atoms with van der Waals surface area (Å²) in [6.45, 7) is 2.85. The second-order valence-electron chi connectivity index (χ2n) is 4.21. The van der Waals surface area contributed by atoms with E-state index >= 15 is 0 Å². The van der Waals surface area contributed by atoms with E-state index in [2.05, 4.69) is 63.4 Å². The monoisotopic (exact) mass is 256 g/mol. The number of anilines is 1. The van der Waals surface area contributed by atoms with Gasteiger partial charge in [0.25, 0.3) is 0 Å². The predicted octanol–water partition coefficient (Wildman–Crippen LogP) is 3.01. The molecule has 0 saturated carbocycles. The Balaban J connectivity index is 1.82. The second-order valence-corrected chi connectivity index (χ2v) is 4.94. The van der Waals surface area contributed by atoms with E-state index < -0.39 is 0 Å². The first-order valence-corrected chi connectivity index (χ1v) is 6.47. The molecule has 0 aliphatic heterocycles.